The molecule has 1 saturated carbocycles. The summed E-state index contributed by atoms with van der Waals surface area (Å²) in [6, 6.07) is 0.163. The summed E-state index contributed by atoms with van der Waals surface area (Å²) in [7, 11) is 3.94. The van der Waals surface area contributed by atoms with Gasteiger partial charge in [0.25, 0.3) is 5.91 Å². The van der Waals surface area contributed by atoms with Crippen molar-refractivity contribution < 1.29 is 28.5 Å². The van der Waals surface area contributed by atoms with E-state index in [-0.39, 0.29) is 29.1 Å². The summed E-state index contributed by atoms with van der Waals surface area (Å²) in [5.74, 6) is -1.79. The summed E-state index contributed by atoms with van der Waals surface area (Å²) in [5.41, 5.74) is 1.53. The van der Waals surface area contributed by atoms with Gasteiger partial charge in [0.2, 0.25) is 5.79 Å². The highest BCUT2D eigenvalue weighted by Crippen LogP contribution is 2.38. The van der Waals surface area contributed by atoms with Gasteiger partial charge in [0, 0.05) is 18.9 Å². The highest BCUT2D eigenvalue weighted by Gasteiger charge is 2.50. The first-order valence-corrected chi connectivity index (χ1v) is 11.6. The minimum atomic E-state index is -1.59. The zero-order chi connectivity index (χ0) is 23.3. The summed E-state index contributed by atoms with van der Waals surface area (Å²) in [6.07, 6.45) is 6.53. The minimum absolute atomic E-state index is 0.0465. The summed E-state index contributed by atoms with van der Waals surface area (Å²) in [6.45, 7) is 6.00. The normalized spacial score (nSPS) is 29.0. The Kier molecular flexibility index (Phi) is 5.94. The van der Waals surface area contributed by atoms with E-state index < -0.39 is 11.7 Å². The van der Waals surface area contributed by atoms with Crippen molar-refractivity contribution in [2.75, 3.05) is 20.7 Å². The highest BCUT2D eigenvalue weighted by atomic mass is 16.6. The van der Waals surface area contributed by atoms with Crippen LogP contribution in [0, 0.1) is 12.8 Å². The summed E-state index contributed by atoms with van der Waals surface area (Å²) < 4.78 is 11.3. The van der Waals surface area contributed by atoms with Crippen molar-refractivity contribution in [1.82, 2.24) is 15.5 Å². The van der Waals surface area contributed by atoms with Gasteiger partial charge >= 0.3 is 5.91 Å². The molecule has 2 aliphatic heterocycles. The third-order valence-electron chi connectivity index (χ3n) is 7.38. The Morgan fingerprint density at radius 2 is 1.91 bits per heavy atom. The third-order valence-corrected chi connectivity index (χ3v) is 7.38. The van der Waals surface area contributed by atoms with E-state index >= 15 is 0 Å². The number of carbonyl (C=O) groups excluding carboxylic acids is 2. The molecule has 9 heteroatoms. The molecule has 9 nitrogen and oxygen atoms in total. The molecule has 1 saturated heterocycles. The molecule has 1 aliphatic carbocycles. The zero-order valence-corrected chi connectivity index (χ0v) is 19.7. The van der Waals surface area contributed by atoms with Gasteiger partial charge in [-0.15, -0.1) is 0 Å². The molecule has 2 fully saturated rings. The van der Waals surface area contributed by atoms with E-state index in [1.807, 2.05) is 26.0 Å². The van der Waals surface area contributed by atoms with Crippen molar-refractivity contribution >= 4 is 11.8 Å². The maximum Gasteiger partial charge on any atom is 0.321 e. The molecule has 2 amide bonds. The van der Waals surface area contributed by atoms with Crippen molar-refractivity contribution in [3.05, 3.63) is 28.4 Å². The van der Waals surface area contributed by atoms with Crippen molar-refractivity contribution in [1.29, 1.82) is 0 Å². The Hall–Kier alpha value is -2.23. The molecule has 0 spiro atoms. The van der Waals surface area contributed by atoms with Gasteiger partial charge in [-0.1, -0.05) is 31.3 Å². The lowest BCUT2D eigenvalue weighted by Crippen LogP contribution is -2.56. The van der Waals surface area contributed by atoms with Gasteiger partial charge in [-0.05, 0) is 32.1 Å². The van der Waals surface area contributed by atoms with Crippen molar-refractivity contribution in [3.8, 4) is 0 Å². The average Bonchev–Trinajstić information content (AvgIpc) is 3.22. The first-order valence-electron chi connectivity index (χ1n) is 11.6. The first kappa shape index (κ1) is 22.9. The second kappa shape index (κ2) is 8.28. The topological polar surface area (TPSA) is 105 Å². The molecule has 32 heavy (non-hydrogen) atoms. The zero-order valence-electron chi connectivity index (χ0n) is 19.7. The fourth-order valence-electron chi connectivity index (χ4n) is 5.12. The molecule has 1 aromatic rings. The Balaban J connectivity index is 1.55. The van der Waals surface area contributed by atoms with E-state index in [0.29, 0.717) is 29.1 Å². The Labute approximate surface area is 188 Å². The lowest BCUT2D eigenvalue weighted by atomic mass is 9.94. The number of aliphatic hydroxyl groups is 1. The van der Waals surface area contributed by atoms with Crippen molar-refractivity contribution in [3.63, 3.8) is 0 Å². The average molecular weight is 448 g/mol. The number of aromatic nitrogens is 1. The van der Waals surface area contributed by atoms with Crippen LogP contribution in [0.4, 0.5) is 0 Å². The van der Waals surface area contributed by atoms with E-state index in [0.717, 1.165) is 37.8 Å². The van der Waals surface area contributed by atoms with Crippen LogP contribution in [-0.4, -0.2) is 58.4 Å². The molecule has 4 rings (SSSR count). The quantitative estimate of drug-likeness (QED) is 0.688. The third kappa shape index (κ3) is 3.76. The van der Waals surface area contributed by atoms with Gasteiger partial charge in [0.05, 0.1) is 26.7 Å². The molecule has 3 heterocycles. The minimum Gasteiger partial charge on any atom is -0.359 e. The van der Waals surface area contributed by atoms with Crippen LogP contribution >= 0.6 is 0 Å². The molecule has 0 radical (unpaired) electrons. The van der Waals surface area contributed by atoms with Crippen LogP contribution in [0.25, 0.3) is 0 Å². The number of allylic oxidation sites excluding steroid dienone is 1. The fourth-order valence-corrected chi connectivity index (χ4v) is 5.12. The van der Waals surface area contributed by atoms with E-state index in [2.05, 4.69) is 17.4 Å². The number of hydrogen-bond acceptors (Lipinski definition) is 6. The number of amides is 2. The van der Waals surface area contributed by atoms with Crippen molar-refractivity contribution in [2.45, 2.75) is 77.5 Å². The van der Waals surface area contributed by atoms with Crippen LogP contribution in [0.1, 0.15) is 80.6 Å². The number of ether oxygens (including phenoxy) is 1. The lowest BCUT2D eigenvalue weighted by Gasteiger charge is -2.40. The highest BCUT2D eigenvalue weighted by molar-refractivity contribution is 6.03. The summed E-state index contributed by atoms with van der Waals surface area (Å²) in [4.78, 5) is 26.4. The smallest absolute Gasteiger partial charge is 0.321 e. The summed E-state index contributed by atoms with van der Waals surface area (Å²) in [5, 5.41) is 19.5. The van der Waals surface area contributed by atoms with E-state index in [4.69, 9.17) is 9.26 Å². The number of nitrogens with zero attached hydrogens (tertiary/aromatic N) is 3. The van der Waals surface area contributed by atoms with Crippen LogP contribution in [0.5, 0.6) is 0 Å². The van der Waals surface area contributed by atoms with Crippen LogP contribution in [0.2, 0.25) is 0 Å². The second-order valence-electron chi connectivity index (χ2n) is 9.98. The molecule has 0 bridgehead atoms. The number of carbonyl (C=O) groups is 2. The molecule has 3 aliphatic rings. The van der Waals surface area contributed by atoms with Crippen LogP contribution in [0.3, 0.4) is 0 Å². The fraction of sp³-hybridized carbons (Fsp3) is 0.696. The van der Waals surface area contributed by atoms with E-state index in [1.165, 1.54) is 6.42 Å². The lowest BCUT2D eigenvalue weighted by molar-refractivity contribution is -0.957. The van der Waals surface area contributed by atoms with Crippen molar-refractivity contribution in [2.24, 2.45) is 5.92 Å². The van der Waals surface area contributed by atoms with Gasteiger partial charge in [0.15, 0.2) is 22.8 Å². The Morgan fingerprint density at radius 1 is 1.22 bits per heavy atom. The molecule has 2 atom stereocenters. The molecule has 0 aromatic carbocycles. The van der Waals surface area contributed by atoms with Crippen LogP contribution in [0.15, 0.2) is 15.9 Å². The largest absolute Gasteiger partial charge is 0.359 e. The molecule has 0 unspecified atom stereocenters. The maximum atomic E-state index is 13.4. The van der Waals surface area contributed by atoms with Gasteiger partial charge < -0.3 is 19.7 Å². The Bertz CT molecular complexity index is 936. The second-order valence-corrected chi connectivity index (χ2v) is 9.98. The summed E-state index contributed by atoms with van der Waals surface area (Å²) >= 11 is 0. The predicted molar refractivity (Wildman–Crippen MR) is 115 cm³/mol. The number of hydrogen-bond donors (Lipinski definition) is 2. The molecule has 1 aromatic heterocycles. The van der Waals surface area contributed by atoms with Gasteiger partial charge in [-0.3, -0.25) is 9.59 Å². The van der Waals surface area contributed by atoms with Crippen LogP contribution in [-0.2, 0) is 15.3 Å². The molecular formula is C23H35N4O5+. The first-order chi connectivity index (χ1) is 15.1. The molecular weight excluding hydrogens is 412 g/mol. The van der Waals surface area contributed by atoms with E-state index in [1.54, 1.807) is 6.92 Å². The monoisotopic (exact) mass is 447 g/mol. The molecule has 2 N–H and O–H groups in total. The van der Waals surface area contributed by atoms with E-state index in [9.17, 15) is 14.7 Å². The van der Waals surface area contributed by atoms with Crippen LogP contribution < -0.4 is 5.32 Å². The SMILES string of the molecule is CC1=C(NC(=O)c2noc([C@@]3(O)CC[C@H](C)CO3)c2C)C(=O)N(C2CCCCC2)[N+]1(C)C. The number of quaternary nitrogens is 1. The van der Waals surface area contributed by atoms with Gasteiger partial charge in [0.1, 0.15) is 0 Å². The number of rotatable bonds is 4. The molecule has 176 valence electrons. The maximum absolute atomic E-state index is 13.4. The standard InChI is InChI=1S/C23H34N4O5/c1-14-11-12-23(30,31-13-14)20-15(2)18(25-32-20)21(28)24-19-16(3)27(4,5)26(22(19)29)17-9-7-6-8-10-17/h14,17,30H,6-13H2,1-5H3/p+1/t14-,23+/m0/s1. The van der Waals surface area contributed by atoms with Gasteiger partial charge in [-0.2, -0.15) is 9.60 Å². The predicted octanol–water partition coefficient (Wildman–Crippen LogP) is 2.70. The Morgan fingerprint density at radius 3 is 2.53 bits per heavy atom. The van der Waals surface area contributed by atoms with Gasteiger partial charge in [-0.25, -0.2) is 0 Å². The number of nitrogens with one attached hydrogen (secondary N) is 1.